The Kier molecular flexibility index (Phi) is 2.70. The van der Waals surface area contributed by atoms with Gasteiger partial charge in [-0.3, -0.25) is 0 Å². The van der Waals surface area contributed by atoms with Gasteiger partial charge in [0.05, 0.1) is 0 Å². The van der Waals surface area contributed by atoms with Crippen LogP contribution in [0.3, 0.4) is 0 Å². The van der Waals surface area contributed by atoms with Crippen LogP contribution in [-0.2, 0) is 0 Å². The molecule has 0 spiro atoms. The monoisotopic (exact) mass is 199 g/mol. The summed E-state index contributed by atoms with van der Waals surface area (Å²) in [5.41, 5.74) is 7.68. The Labute approximate surface area is 89.0 Å². The van der Waals surface area contributed by atoms with Crippen LogP contribution >= 0.6 is 0 Å². The molecule has 1 aromatic carbocycles. The minimum Gasteiger partial charge on any atom is -0.507 e. The van der Waals surface area contributed by atoms with Crippen LogP contribution < -0.4 is 5.73 Å². The Balaban J connectivity index is 2.34. The third-order valence-corrected chi connectivity index (χ3v) is 2.36. The lowest BCUT2D eigenvalue weighted by Gasteiger charge is -2.11. The van der Waals surface area contributed by atoms with Crippen molar-refractivity contribution in [2.75, 3.05) is 0 Å². The fourth-order valence-electron chi connectivity index (χ4n) is 1.51. The maximum atomic E-state index is 9.60. The molecule has 0 radical (unpaired) electrons. The summed E-state index contributed by atoms with van der Waals surface area (Å²) in [6.07, 6.45) is 9.64. The molecule has 76 valence electrons. The lowest BCUT2D eigenvalue weighted by Crippen LogP contribution is -2.19. The largest absolute Gasteiger partial charge is 0.507 e. The van der Waals surface area contributed by atoms with Crippen LogP contribution in [0.4, 0.5) is 0 Å². The lowest BCUT2D eigenvalue weighted by atomic mass is 10.00. The summed E-state index contributed by atoms with van der Waals surface area (Å²) in [6.45, 7) is 0. The predicted octanol–water partition coefficient (Wildman–Crippen LogP) is 2.23. The van der Waals surface area contributed by atoms with Crippen molar-refractivity contribution in [3.05, 3.63) is 59.7 Å². The second-order valence-corrected chi connectivity index (χ2v) is 3.47. The number of aromatic hydroxyl groups is 1. The van der Waals surface area contributed by atoms with E-state index in [4.69, 9.17) is 5.73 Å². The highest BCUT2D eigenvalue weighted by Crippen LogP contribution is 2.21. The first-order valence-corrected chi connectivity index (χ1v) is 4.87. The summed E-state index contributed by atoms with van der Waals surface area (Å²) < 4.78 is 0. The fraction of sp³-hybridized carbons (Fsp3) is 0.0769. The molecular weight excluding hydrogens is 186 g/mol. The summed E-state index contributed by atoms with van der Waals surface area (Å²) in [7, 11) is 0. The number of phenolic OH excluding ortho intramolecular Hbond substituents is 1. The van der Waals surface area contributed by atoms with Crippen molar-refractivity contribution in [1.29, 1.82) is 0 Å². The van der Waals surface area contributed by atoms with Crippen LogP contribution in [0.1, 0.15) is 5.56 Å². The van der Waals surface area contributed by atoms with Gasteiger partial charge in [0.1, 0.15) is 5.75 Å². The number of rotatable bonds is 1. The first-order valence-electron chi connectivity index (χ1n) is 4.87. The van der Waals surface area contributed by atoms with E-state index >= 15 is 0 Å². The quantitative estimate of drug-likeness (QED) is 0.728. The summed E-state index contributed by atoms with van der Waals surface area (Å²) in [5, 5.41) is 9.60. The van der Waals surface area contributed by atoms with Gasteiger partial charge in [0.15, 0.2) is 0 Å². The van der Waals surface area contributed by atoms with Crippen LogP contribution in [0.15, 0.2) is 54.1 Å². The van der Waals surface area contributed by atoms with Gasteiger partial charge in [0.2, 0.25) is 0 Å². The molecule has 1 aliphatic carbocycles. The maximum Gasteiger partial charge on any atom is 0.122 e. The van der Waals surface area contributed by atoms with E-state index < -0.39 is 0 Å². The zero-order valence-corrected chi connectivity index (χ0v) is 8.30. The van der Waals surface area contributed by atoms with Gasteiger partial charge in [-0.15, -0.1) is 0 Å². The molecule has 1 aromatic rings. The molecule has 1 atom stereocenters. The van der Waals surface area contributed by atoms with E-state index in [0.29, 0.717) is 0 Å². The molecule has 3 N–H and O–H groups in total. The van der Waals surface area contributed by atoms with Gasteiger partial charge < -0.3 is 10.8 Å². The van der Waals surface area contributed by atoms with Crippen LogP contribution in [0.5, 0.6) is 5.75 Å². The summed E-state index contributed by atoms with van der Waals surface area (Å²) in [6, 6.07) is 7.13. The van der Waals surface area contributed by atoms with Gasteiger partial charge in [0, 0.05) is 11.6 Å². The van der Waals surface area contributed by atoms with E-state index in [-0.39, 0.29) is 11.8 Å². The van der Waals surface area contributed by atoms with Crippen molar-refractivity contribution >= 4 is 6.08 Å². The molecule has 0 aliphatic heterocycles. The zero-order valence-electron chi connectivity index (χ0n) is 8.30. The van der Waals surface area contributed by atoms with E-state index in [0.717, 1.165) is 11.1 Å². The number of hydrogen-bond donors (Lipinski definition) is 2. The lowest BCUT2D eigenvalue weighted by molar-refractivity contribution is 0.474. The highest BCUT2D eigenvalue weighted by molar-refractivity contribution is 5.63. The first-order chi connectivity index (χ1) is 7.27. The third kappa shape index (κ3) is 2.17. The molecule has 15 heavy (non-hydrogen) atoms. The van der Waals surface area contributed by atoms with Crippen LogP contribution in [0.2, 0.25) is 0 Å². The molecule has 1 aliphatic rings. The van der Waals surface area contributed by atoms with Crippen molar-refractivity contribution in [1.82, 2.24) is 0 Å². The van der Waals surface area contributed by atoms with Crippen LogP contribution in [0.25, 0.3) is 6.08 Å². The van der Waals surface area contributed by atoms with E-state index in [1.165, 1.54) is 0 Å². The predicted molar refractivity (Wildman–Crippen MR) is 62.3 cm³/mol. The van der Waals surface area contributed by atoms with Crippen molar-refractivity contribution in [3.8, 4) is 5.75 Å². The topological polar surface area (TPSA) is 46.2 Å². The number of para-hydroxylation sites is 1. The molecule has 0 saturated carbocycles. The molecule has 1 unspecified atom stereocenters. The molecule has 0 heterocycles. The van der Waals surface area contributed by atoms with Crippen molar-refractivity contribution in [3.63, 3.8) is 0 Å². The van der Waals surface area contributed by atoms with Gasteiger partial charge in [-0.25, -0.2) is 0 Å². The Morgan fingerprint density at radius 1 is 1.20 bits per heavy atom. The molecule has 0 bridgehead atoms. The molecule has 0 aromatic heterocycles. The third-order valence-electron chi connectivity index (χ3n) is 2.36. The van der Waals surface area contributed by atoms with E-state index in [1.807, 2.05) is 42.5 Å². The minimum atomic E-state index is -0.0883. The molecular formula is C13H13NO. The van der Waals surface area contributed by atoms with Gasteiger partial charge in [-0.2, -0.15) is 0 Å². The zero-order chi connectivity index (χ0) is 10.7. The smallest absolute Gasteiger partial charge is 0.122 e. The fourth-order valence-corrected chi connectivity index (χ4v) is 1.51. The molecule has 2 heteroatoms. The van der Waals surface area contributed by atoms with E-state index in [2.05, 4.69) is 0 Å². The second kappa shape index (κ2) is 4.15. The molecule has 2 nitrogen and oxygen atoms in total. The van der Waals surface area contributed by atoms with Crippen LogP contribution in [-0.4, -0.2) is 11.1 Å². The number of hydrogen-bond acceptors (Lipinski definition) is 2. The molecule has 0 saturated heterocycles. The Morgan fingerprint density at radius 2 is 2.00 bits per heavy atom. The van der Waals surface area contributed by atoms with Gasteiger partial charge in [0.25, 0.3) is 0 Å². The minimum absolute atomic E-state index is 0.0883. The number of nitrogens with two attached hydrogens (primary N) is 1. The summed E-state index contributed by atoms with van der Waals surface area (Å²) in [5.74, 6) is 0.278. The number of allylic oxidation sites excluding steroid dienone is 2. The highest BCUT2D eigenvalue weighted by atomic mass is 16.3. The maximum absolute atomic E-state index is 9.60. The van der Waals surface area contributed by atoms with Crippen molar-refractivity contribution < 1.29 is 5.11 Å². The average molecular weight is 199 g/mol. The van der Waals surface area contributed by atoms with Gasteiger partial charge >= 0.3 is 0 Å². The van der Waals surface area contributed by atoms with Crippen LogP contribution in [0, 0.1) is 0 Å². The SMILES string of the molecule is NC1C=CC=CC1=Cc1ccccc1O. The van der Waals surface area contributed by atoms with Crippen molar-refractivity contribution in [2.24, 2.45) is 5.73 Å². The van der Waals surface area contributed by atoms with Gasteiger partial charge in [-0.1, -0.05) is 42.5 Å². The Hall–Kier alpha value is -1.80. The van der Waals surface area contributed by atoms with Crippen molar-refractivity contribution in [2.45, 2.75) is 6.04 Å². The molecule has 0 fully saturated rings. The standard InChI is InChI=1S/C13H13NO/c14-12-7-3-1-5-10(12)9-11-6-2-4-8-13(11)15/h1-9,12,15H,14H2. The van der Waals surface area contributed by atoms with E-state index in [1.54, 1.807) is 12.1 Å². The number of phenols is 1. The summed E-state index contributed by atoms with van der Waals surface area (Å²) >= 11 is 0. The molecule has 2 rings (SSSR count). The second-order valence-electron chi connectivity index (χ2n) is 3.47. The Bertz CT molecular complexity index is 444. The average Bonchev–Trinajstić information content (AvgIpc) is 2.24. The first kappa shape index (κ1) is 9.74. The summed E-state index contributed by atoms with van der Waals surface area (Å²) in [4.78, 5) is 0. The van der Waals surface area contributed by atoms with Gasteiger partial charge in [-0.05, 0) is 17.7 Å². The normalized spacial score (nSPS) is 22.2. The highest BCUT2D eigenvalue weighted by Gasteiger charge is 2.06. The van der Waals surface area contributed by atoms with E-state index in [9.17, 15) is 5.11 Å². The Morgan fingerprint density at radius 3 is 2.73 bits per heavy atom. The number of benzene rings is 1. The molecule has 0 amide bonds.